The smallest absolute Gasteiger partial charge is 0.246 e. The molecule has 120 valence electrons. The lowest BCUT2D eigenvalue weighted by molar-refractivity contribution is 0.224. The predicted molar refractivity (Wildman–Crippen MR) is 83.0 cm³/mol. The molecule has 0 saturated carbocycles. The third-order valence-corrected chi connectivity index (χ3v) is 6.00. The Balaban J connectivity index is 2.10. The fraction of sp³-hybridized carbons (Fsp3) is 0.769. The van der Waals surface area contributed by atoms with Crippen LogP contribution in [0.3, 0.4) is 0 Å². The number of nitrogens with zero attached hydrogens (tertiary/aromatic N) is 4. The lowest BCUT2D eigenvalue weighted by atomic mass is 10.2. The molecule has 0 bridgehead atoms. The lowest BCUT2D eigenvalue weighted by Gasteiger charge is -2.25. The second-order valence-electron chi connectivity index (χ2n) is 5.15. The Morgan fingerprint density at radius 1 is 1.43 bits per heavy atom. The van der Waals surface area contributed by atoms with Crippen LogP contribution < -0.4 is 0 Å². The normalized spacial score (nSPS) is 20.5. The summed E-state index contributed by atoms with van der Waals surface area (Å²) in [4.78, 5) is 2.57. The van der Waals surface area contributed by atoms with Crippen LogP contribution in [0.5, 0.6) is 0 Å². The Bertz CT molecular complexity index is 556. The van der Waals surface area contributed by atoms with Gasteiger partial charge in [0.05, 0.1) is 12.7 Å². The van der Waals surface area contributed by atoms with Gasteiger partial charge in [-0.25, -0.2) is 8.42 Å². The van der Waals surface area contributed by atoms with Crippen LogP contribution in [0.4, 0.5) is 0 Å². The minimum atomic E-state index is -3.44. The maximum Gasteiger partial charge on any atom is 0.246 e. The van der Waals surface area contributed by atoms with E-state index in [1.54, 1.807) is 15.2 Å². The maximum atomic E-state index is 12.6. The predicted octanol–water partition coefficient (Wildman–Crippen LogP) is 1.23. The van der Waals surface area contributed by atoms with Gasteiger partial charge in [-0.15, -0.1) is 11.6 Å². The van der Waals surface area contributed by atoms with Crippen LogP contribution >= 0.6 is 11.6 Å². The number of sulfonamides is 1. The molecule has 0 spiro atoms. The van der Waals surface area contributed by atoms with Gasteiger partial charge in [-0.1, -0.05) is 13.8 Å². The van der Waals surface area contributed by atoms with E-state index in [-0.39, 0.29) is 4.90 Å². The summed E-state index contributed by atoms with van der Waals surface area (Å²) in [6, 6.07) is 0.313. The molecule has 1 unspecified atom stereocenters. The van der Waals surface area contributed by atoms with E-state index in [9.17, 15) is 8.42 Å². The molecule has 2 heterocycles. The van der Waals surface area contributed by atoms with E-state index in [0.717, 1.165) is 19.5 Å². The van der Waals surface area contributed by atoms with Crippen molar-refractivity contribution in [3.8, 4) is 0 Å². The van der Waals surface area contributed by atoms with Crippen molar-refractivity contribution in [2.75, 3.05) is 32.1 Å². The van der Waals surface area contributed by atoms with Gasteiger partial charge in [0.2, 0.25) is 10.0 Å². The highest BCUT2D eigenvalue weighted by molar-refractivity contribution is 7.89. The van der Waals surface area contributed by atoms with Crippen LogP contribution in [-0.2, 0) is 16.6 Å². The van der Waals surface area contributed by atoms with E-state index in [1.807, 2.05) is 0 Å². The summed E-state index contributed by atoms with van der Waals surface area (Å²) in [5, 5.41) is 4.05. The molecule has 0 radical (unpaired) electrons. The molecule has 6 nitrogen and oxygen atoms in total. The quantitative estimate of drug-likeness (QED) is 0.704. The minimum Gasteiger partial charge on any atom is -0.300 e. The molecule has 21 heavy (non-hydrogen) atoms. The lowest BCUT2D eigenvalue weighted by Crippen LogP contribution is -2.38. The molecule has 1 aliphatic rings. The van der Waals surface area contributed by atoms with Crippen molar-refractivity contribution >= 4 is 21.6 Å². The van der Waals surface area contributed by atoms with Gasteiger partial charge in [0.1, 0.15) is 4.90 Å². The number of aryl methyl sites for hydroxylation is 1. The van der Waals surface area contributed by atoms with Gasteiger partial charge < -0.3 is 0 Å². The van der Waals surface area contributed by atoms with Gasteiger partial charge in [0, 0.05) is 31.2 Å². The highest BCUT2D eigenvalue weighted by Crippen LogP contribution is 2.23. The second kappa shape index (κ2) is 7.09. The van der Waals surface area contributed by atoms with Crippen molar-refractivity contribution in [1.82, 2.24) is 19.0 Å². The molecule has 0 N–H and O–H groups in total. The summed E-state index contributed by atoms with van der Waals surface area (Å²) in [5.74, 6) is 0.412. The van der Waals surface area contributed by atoms with E-state index < -0.39 is 10.0 Å². The van der Waals surface area contributed by atoms with Crippen LogP contribution in [-0.4, -0.2) is 65.5 Å². The molecule has 1 saturated heterocycles. The summed E-state index contributed by atoms with van der Waals surface area (Å²) in [5.41, 5.74) is 0. The molecule has 1 fully saturated rings. The Morgan fingerprint density at radius 3 is 2.76 bits per heavy atom. The van der Waals surface area contributed by atoms with E-state index in [4.69, 9.17) is 11.6 Å². The van der Waals surface area contributed by atoms with Gasteiger partial charge >= 0.3 is 0 Å². The van der Waals surface area contributed by atoms with Gasteiger partial charge in [0.25, 0.3) is 0 Å². The minimum absolute atomic E-state index is 0.257. The zero-order chi connectivity index (χ0) is 15.5. The van der Waals surface area contributed by atoms with Gasteiger partial charge in [-0.05, 0) is 19.5 Å². The Kier molecular flexibility index (Phi) is 5.65. The number of hydrogen-bond donors (Lipinski definition) is 0. The molecule has 1 aromatic rings. The first-order valence-corrected chi connectivity index (χ1v) is 9.33. The molecular weight excluding hydrogens is 312 g/mol. The van der Waals surface area contributed by atoms with E-state index in [0.29, 0.717) is 31.6 Å². The molecule has 1 aliphatic heterocycles. The summed E-state index contributed by atoms with van der Waals surface area (Å²) >= 11 is 5.65. The van der Waals surface area contributed by atoms with Crippen molar-refractivity contribution < 1.29 is 8.42 Å². The third kappa shape index (κ3) is 3.59. The Hall–Kier alpha value is -0.630. The summed E-state index contributed by atoms with van der Waals surface area (Å²) in [6.07, 6.45) is 3.85. The summed E-state index contributed by atoms with van der Waals surface area (Å²) in [7, 11) is -3.44. The maximum absolute atomic E-state index is 12.6. The fourth-order valence-electron chi connectivity index (χ4n) is 2.80. The van der Waals surface area contributed by atoms with Crippen LogP contribution in [0.25, 0.3) is 0 Å². The third-order valence-electron chi connectivity index (χ3n) is 4.02. The van der Waals surface area contributed by atoms with E-state index in [1.165, 1.54) is 6.20 Å². The van der Waals surface area contributed by atoms with Gasteiger partial charge in [-0.2, -0.15) is 9.40 Å². The number of rotatable bonds is 7. The molecule has 8 heteroatoms. The molecule has 0 aromatic carbocycles. The van der Waals surface area contributed by atoms with Crippen LogP contribution in [0.2, 0.25) is 0 Å². The summed E-state index contributed by atoms with van der Waals surface area (Å²) < 4.78 is 28.4. The Morgan fingerprint density at radius 2 is 2.14 bits per heavy atom. The summed E-state index contributed by atoms with van der Waals surface area (Å²) in [6.45, 7) is 7.76. The standard InChI is InChI=1S/C13H23ClN4O2S/c1-3-16(4-2)12-5-7-18(10-12)21(19,20)13-9-15-17(11-13)8-6-14/h9,11-12H,3-8,10H2,1-2H3. The Labute approximate surface area is 131 Å². The van der Waals surface area contributed by atoms with Crippen LogP contribution in [0, 0.1) is 0 Å². The van der Waals surface area contributed by atoms with Crippen molar-refractivity contribution in [3.05, 3.63) is 12.4 Å². The highest BCUT2D eigenvalue weighted by Gasteiger charge is 2.35. The van der Waals surface area contributed by atoms with Crippen LogP contribution in [0.1, 0.15) is 20.3 Å². The molecule has 0 amide bonds. The number of alkyl halides is 1. The first kappa shape index (κ1) is 16.7. The van der Waals surface area contributed by atoms with Gasteiger partial charge in [-0.3, -0.25) is 9.58 Å². The largest absolute Gasteiger partial charge is 0.300 e. The molecule has 1 aromatic heterocycles. The van der Waals surface area contributed by atoms with Crippen molar-refractivity contribution in [2.45, 2.75) is 37.8 Å². The fourth-order valence-corrected chi connectivity index (χ4v) is 4.42. The van der Waals surface area contributed by atoms with Crippen LogP contribution in [0.15, 0.2) is 17.3 Å². The number of aromatic nitrogens is 2. The zero-order valence-electron chi connectivity index (χ0n) is 12.6. The average molecular weight is 335 g/mol. The van der Waals surface area contributed by atoms with Gasteiger partial charge in [0.15, 0.2) is 0 Å². The first-order valence-electron chi connectivity index (χ1n) is 7.35. The number of likely N-dealkylation sites (N-methyl/N-ethyl adjacent to an activating group) is 1. The van der Waals surface area contributed by atoms with E-state index in [2.05, 4.69) is 23.8 Å². The molecular formula is C13H23ClN4O2S. The molecule has 0 aliphatic carbocycles. The first-order chi connectivity index (χ1) is 10.0. The highest BCUT2D eigenvalue weighted by atomic mass is 35.5. The number of hydrogen-bond acceptors (Lipinski definition) is 4. The van der Waals surface area contributed by atoms with Crippen molar-refractivity contribution in [3.63, 3.8) is 0 Å². The second-order valence-corrected chi connectivity index (χ2v) is 7.47. The van der Waals surface area contributed by atoms with Crippen molar-refractivity contribution in [1.29, 1.82) is 0 Å². The van der Waals surface area contributed by atoms with Crippen molar-refractivity contribution in [2.24, 2.45) is 0 Å². The SMILES string of the molecule is CCN(CC)C1CCN(S(=O)(=O)c2cnn(CCCl)c2)C1. The van der Waals surface area contributed by atoms with E-state index >= 15 is 0 Å². The topological polar surface area (TPSA) is 58.4 Å². The molecule has 2 rings (SSSR count). The average Bonchev–Trinajstić information content (AvgIpc) is 3.10. The zero-order valence-corrected chi connectivity index (χ0v) is 14.1. The monoisotopic (exact) mass is 334 g/mol. The number of halogens is 1. The molecule has 1 atom stereocenters.